The lowest BCUT2D eigenvalue weighted by Gasteiger charge is -2.17. The molecule has 0 aliphatic heterocycles. The van der Waals surface area contributed by atoms with Crippen molar-refractivity contribution in [1.82, 2.24) is 4.90 Å². The number of nitrogens with zero attached hydrogens (tertiary/aromatic N) is 1. The zero-order chi connectivity index (χ0) is 14.4. The third-order valence-corrected chi connectivity index (χ3v) is 2.55. The van der Waals surface area contributed by atoms with E-state index in [9.17, 15) is 9.59 Å². The molecule has 0 aromatic heterocycles. The Morgan fingerprint density at radius 1 is 1.32 bits per heavy atom. The summed E-state index contributed by atoms with van der Waals surface area (Å²) >= 11 is 0. The van der Waals surface area contributed by atoms with Gasteiger partial charge in [0.15, 0.2) is 6.10 Å². The van der Waals surface area contributed by atoms with Crippen LogP contribution in [-0.4, -0.2) is 44.1 Å². The second-order valence-electron chi connectivity index (χ2n) is 4.41. The van der Waals surface area contributed by atoms with Crippen molar-refractivity contribution in [2.24, 2.45) is 0 Å². The molecule has 0 aliphatic rings. The summed E-state index contributed by atoms with van der Waals surface area (Å²) in [5, 5.41) is 0. The highest BCUT2D eigenvalue weighted by Gasteiger charge is 2.20. The first-order valence-electron chi connectivity index (χ1n) is 5.95. The average molecular weight is 265 g/mol. The molecule has 0 aliphatic carbocycles. The van der Waals surface area contributed by atoms with Gasteiger partial charge in [0, 0.05) is 21.2 Å². The van der Waals surface area contributed by atoms with Gasteiger partial charge in [-0.05, 0) is 24.6 Å². The van der Waals surface area contributed by atoms with Crippen LogP contribution in [0.25, 0.3) is 0 Å². The second-order valence-corrected chi connectivity index (χ2v) is 4.41. The van der Waals surface area contributed by atoms with Crippen molar-refractivity contribution >= 4 is 11.9 Å². The predicted molar refractivity (Wildman–Crippen MR) is 70.7 cm³/mol. The molecule has 0 radical (unpaired) electrons. The van der Waals surface area contributed by atoms with Crippen LogP contribution in [0.2, 0.25) is 0 Å². The van der Waals surface area contributed by atoms with E-state index in [4.69, 9.17) is 9.47 Å². The number of likely N-dealkylation sites (N-methyl/N-ethyl adjacent to an activating group) is 1. The lowest BCUT2D eigenvalue weighted by Crippen LogP contribution is -2.34. The highest BCUT2D eigenvalue weighted by Crippen LogP contribution is 2.09. The SMILES string of the molecule is COCc1cccc(C(=O)OC(C)C(=O)N(C)C)c1. The van der Waals surface area contributed by atoms with Crippen LogP contribution in [0, 0.1) is 0 Å². The predicted octanol–water partition coefficient (Wildman–Crippen LogP) is 1.47. The lowest BCUT2D eigenvalue weighted by atomic mass is 10.1. The molecule has 1 rings (SSSR count). The number of methoxy groups -OCH3 is 1. The van der Waals surface area contributed by atoms with Gasteiger partial charge in [-0.25, -0.2) is 4.79 Å². The Balaban J connectivity index is 2.72. The molecule has 5 nitrogen and oxygen atoms in total. The highest BCUT2D eigenvalue weighted by molar-refractivity contribution is 5.92. The van der Waals surface area contributed by atoms with Gasteiger partial charge in [-0.1, -0.05) is 12.1 Å². The minimum Gasteiger partial charge on any atom is -0.449 e. The fourth-order valence-corrected chi connectivity index (χ4v) is 1.60. The quantitative estimate of drug-likeness (QED) is 0.756. The van der Waals surface area contributed by atoms with Crippen molar-refractivity contribution in [3.05, 3.63) is 35.4 Å². The molecular weight excluding hydrogens is 246 g/mol. The molecule has 1 aromatic rings. The highest BCUT2D eigenvalue weighted by atomic mass is 16.5. The molecule has 0 bridgehead atoms. The van der Waals surface area contributed by atoms with Crippen molar-refractivity contribution in [2.45, 2.75) is 19.6 Å². The molecule has 19 heavy (non-hydrogen) atoms. The number of carbonyl (C=O) groups is 2. The molecule has 104 valence electrons. The van der Waals surface area contributed by atoms with Crippen LogP contribution in [0.4, 0.5) is 0 Å². The Kier molecular flexibility index (Phi) is 5.51. The summed E-state index contributed by atoms with van der Waals surface area (Å²) in [5.41, 5.74) is 1.29. The van der Waals surface area contributed by atoms with Crippen LogP contribution in [0.15, 0.2) is 24.3 Å². The van der Waals surface area contributed by atoms with Crippen LogP contribution in [0.1, 0.15) is 22.8 Å². The first kappa shape index (κ1) is 15.2. The zero-order valence-electron chi connectivity index (χ0n) is 11.7. The monoisotopic (exact) mass is 265 g/mol. The Bertz CT molecular complexity index is 457. The van der Waals surface area contributed by atoms with Gasteiger partial charge in [0.05, 0.1) is 12.2 Å². The van der Waals surface area contributed by atoms with Gasteiger partial charge in [0.2, 0.25) is 0 Å². The van der Waals surface area contributed by atoms with E-state index in [2.05, 4.69) is 0 Å². The maximum Gasteiger partial charge on any atom is 0.338 e. The molecule has 1 aromatic carbocycles. The maximum atomic E-state index is 11.9. The van der Waals surface area contributed by atoms with Crippen molar-refractivity contribution in [1.29, 1.82) is 0 Å². The average Bonchev–Trinajstić information content (AvgIpc) is 2.38. The van der Waals surface area contributed by atoms with E-state index in [-0.39, 0.29) is 5.91 Å². The molecule has 1 amide bonds. The van der Waals surface area contributed by atoms with E-state index < -0.39 is 12.1 Å². The zero-order valence-corrected chi connectivity index (χ0v) is 11.7. The maximum absolute atomic E-state index is 11.9. The number of amides is 1. The molecule has 0 fully saturated rings. The summed E-state index contributed by atoms with van der Waals surface area (Å²) in [7, 11) is 4.82. The Labute approximate surface area is 113 Å². The molecule has 0 saturated heterocycles. The number of carbonyl (C=O) groups excluding carboxylic acids is 2. The number of esters is 1. The molecule has 0 heterocycles. The second kappa shape index (κ2) is 6.89. The number of hydrogen-bond acceptors (Lipinski definition) is 4. The van der Waals surface area contributed by atoms with Gasteiger partial charge in [0.25, 0.3) is 5.91 Å². The summed E-state index contributed by atoms with van der Waals surface area (Å²) in [6.07, 6.45) is -0.798. The largest absolute Gasteiger partial charge is 0.449 e. The van der Waals surface area contributed by atoms with Gasteiger partial charge in [-0.15, -0.1) is 0 Å². The van der Waals surface area contributed by atoms with E-state index >= 15 is 0 Å². The summed E-state index contributed by atoms with van der Waals surface area (Å²) in [5.74, 6) is -0.762. The van der Waals surface area contributed by atoms with E-state index in [0.717, 1.165) is 5.56 Å². The summed E-state index contributed by atoms with van der Waals surface area (Å²) < 4.78 is 10.1. The van der Waals surface area contributed by atoms with Crippen LogP contribution in [0.3, 0.4) is 0 Å². The van der Waals surface area contributed by atoms with Gasteiger partial charge >= 0.3 is 5.97 Å². The third-order valence-electron chi connectivity index (χ3n) is 2.55. The molecule has 1 atom stereocenters. The smallest absolute Gasteiger partial charge is 0.338 e. The third kappa shape index (κ3) is 4.37. The summed E-state index contributed by atoms with van der Waals surface area (Å²) in [4.78, 5) is 24.9. The Morgan fingerprint density at radius 3 is 2.58 bits per heavy atom. The van der Waals surface area contributed by atoms with Crippen LogP contribution >= 0.6 is 0 Å². The van der Waals surface area contributed by atoms with Gasteiger partial charge in [-0.3, -0.25) is 4.79 Å². The fraction of sp³-hybridized carbons (Fsp3) is 0.429. The molecule has 0 N–H and O–H groups in total. The minimum atomic E-state index is -0.798. The number of rotatable bonds is 5. The fourth-order valence-electron chi connectivity index (χ4n) is 1.60. The Morgan fingerprint density at radius 2 is 2.00 bits per heavy atom. The van der Waals surface area contributed by atoms with E-state index in [1.807, 2.05) is 6.07 Å². The van der Waals surface area contributed by atoms with Crippen molar-refractivity contribution < 1.29 is 19.1 Å². The number of hydrogen-bond donors (Lipinski definition) is 0. The van der Waals surface area contributed by atoms with E-state index in [0.29, 0.717) is 12.2 Å². The first-order chi connectivity index (χ1) is 8.95. The van der Waals surface area contributed by atoms with Gasteiger partial charge in [-0.2, -0.15) is 0 Å². The standard InChI is InChI=1S/C14H19NO4/c1-10(13(16)15(2)3)19-14(17)12-7-5-6-11(8-12)9-18-4/h5-8,10H,9H2,1-4H3. The lowest BCUT2D eigenvalue weighted by molar-refractivity contribution is -0.137. The Hall–Kier alpha value is -1.88. The van der Waals surface area contributed by atoms with Crippen LogP contribution in [-0.2, 0) is 20.9 Å². The first-order valence-corrected chi connectivity index (χ1v) is 5.95. The van der Waals surface area contributed by atoms with Gasteiger partial charge < -0.3 is 14.4 Å². The van der Waals surface area contributed by atoms with Gasteiger partial charge in [0.1, 0.15) is 0 Å². The molecule has 0 saturated carbocycles. The van der Waals surface area contributed by atoms with Crippen LogP contribution in [0.5, 0.6) is 0 Å². The summed E-state index contributed by atoms with van der Waals surface area (Å²) in [6, 6.07) is 6.95. The van der Waals surface area contributed by atoms with Crippen molar-refractivity contribution in [2.75, 3.05) is 21.2 Å². The van der Waals surface area contributed by atoms with Crippen molar-refractivity contribution in [3.63, 3.8) is 0 Å². The molecule has 1 unspecified atom stereocenters. The van der Waals surface area contributed by atoms with Crippen molar-refractivity contribution in [3.8, 4) is 0 Å². The number of ether oxygens (including phenoxy) is 2. The molecule has 0 spiro atoms. The van der Waals surface area contributed by atoms with E-state index in [1.54, 1.807) is 46.3 Å². The minimum absolute atomic E-state index is 0.249. The topological polar surface area (TPSA) is 55.8 Å². The van der Waals surface area contributed by atoms with E-state index in [1.165, 1.54) is 4.90 Å². The van der Waals surface area contributed by atoms with Crippen LogP contribution < -0.4 is 0 Å². The normalized spacial score (nSPS) is 11.8. The molecular formula is C14H19NO4. The summed E-state index contributed by atoms with van der Waals surface area (Å²) in [6.45, 7) is 1.98. The number of benzene rings is 1. The molecule has 5 heteroatoms.